The Morgan fingerprint density at radius 3 is 2.83 bits per heavy atom. The fourth-order valence-electron chi connectivity index (χ4n) is 2.19. The average Bonchev–Trinajstić information content (AvgIpc) is 2.40. The first-order valence-corrected chi connectivity index (χ1v) is 6.30. The van der Waals surface area contributed by atoms with E-state index in [2.05, 4.69) is 16.3 Å². The van der Waals surface area contributed by atoms with Gasteiger partial charge in [-0.15, -0.1) is 0 Å². The normalized spacial score (nSPS) is 15.9. The number of hydrogen-bond acceptors (Lipinski definition) is 3. The number of amides is 1. The molecule has 0 spiro atoms. The van der Waals surface area contributed by atoms with E-state index in [1.807, 2.05) is 0 Å². The standard InChI is InChI=1S/C14H17N3O/c15-10-12-5-4-6-13(9-12)16-14(18)11-17-7-2-1-3-8-17/h4-6,9H,1-3,7-8,11H2,(H,16,18). The summed E-state index contributed by atoms with van der Waals surface area (Å²) >= 11 is 0. The molecule has 0 aromatic heterocycles. The smallest absolute Gasteiger partial charge is 0.238 e. The van der Waals surface area contributed by atoms with Crippen molar-refractivity contribution in [3.8, 4) is 6.07 Å². The number of hydrogen-bond donors (Lipinski definition) is 1. The van der Waals surface area contributed by atoms with E-state index in [0.29, 0.717) is 17.8 Å². The topological polar surface area (TPSA) is 56.1 Å². The van der Waals surface area contributed by atoms with Crippen LogP contribution in [0, 0.1) is 11.3 Å². The van der Waals surface area contributed by atoms with Crippen LogP contribution >= 0.6 is 0 Å². The molecule has 0 bridgehead atoms. The third kappa shape index (κ3) is 3.57. The molecule has 2 rings (SSSR count). The van der Waals surface area contributed by atoms with Crippen molar-refractivity contribution in [1.29, 1.82) is 5.26 Å². The van der Waals surface area contributed by atoms with E-state index in [4.69, 9.17) is 5.26 Å². The number of piperidine rings is 1. The van der Waals surface area contributed by atoms with Gasteiger partial charge in [-0.1, -0.05) is 12.5 Å². The second-order valence-corrected chi connectivity index (χ2v) is 4.58. The van der Waals surface area contributed by atoms with E-state index in [-0.39, 0.29) is 5.91 Å². The van der Waals surface area contributed by atoms with Crippen molar-refractivity contribution in [1.82, 2.24) is 4.90 Å². The van der Waals surface area contributed by atoms with Crippen molar-refractivity contribution < 1.29 is 4.79 Å². The number of nitrogens with zero attached hydrogens (tertiary/aromatic N) is 2. The molecule has 18 heavy (non-hydrogen) atoms. The Hall–Kier alpha value is -1.86. The maximum absolute atomic E-state index is 11.8. The summed E-state index contributed by atoms with van der Waals surface area (Å²) in [5, 5.41) is 11.6. The van der Waals surface area contributed by atoms with Gasteiger partial charge in [0.15, 0.2) is 0 Å². The van der Waals surface area contributed by atoms with Gasteiger partial charge in [0, 0.05) is 5.69 Å². The molecule has 1 N–H and O–H groups in total. The molecule has 1 aliphatic heterocycles. The van der Waals surface area contributed by atoms with Crippen LogP contribution < -0.4 is 5.32 Å². The van der Waals surface area contributed by atoms with Crippen LogP contribution in [0.5, 0.6) is 0 Å². The second kappa shape index (κ2) is 6.18. The molecule has 0 saturated carbocycles. The fourth-order valence-corrected chi connectivity index (χ4v) is 2.19. The number of carbonyl (C=O) groups excluding carboxylic acids is 1. The van der Waals surface area contributed by atoms with E-state index in [1.54, 1.807) is 24.3 Å². The van der Waals surface area contributed by atoms with Crippen molar-refractivity contribution >= 4 is 11.6 Å². The van der Waals surface area contributed by atoms with Gasteiger partial charge < -0.3 is 5.32 Å². The number of benzene rings is 1. The van der Waals surface area contributed by atoms with Crippen LogP contribution in [0.25, 0.3) is 0 Å². The molecule has 0 radical (unpaired) electrons. The van der Waals surface area contributed by atoms with Gasteiger partial charge >= 0.3 is 0 Å². The molecule has 4 heteroatoms. The summed E-state index contributed by atoms with van der Waals surface area (Å²) in [5.74, 6) is -0.00742. The summed E-state index contributed by atoms with van der Waals surface area (Å²) in [6.07, 6.45) is 3.62. The molecule has 1 fully saturated rings. The monoisotopic (exact) mass is 243 g/mol. The Morgan fingerprint density at radius 1 is 1.33 bits per heavy atom. The van der Waals surface area contributed by atoms with Crippen LogP contribution in [0.15, 0.2) is 24.3 Å². The number of nitrogens with one attached hydrogen (secondary N) is 1. The zero-order valence-electron chi connectivity index (χ0n) is 10.4. The van der Waals surface area contributed by atoms with Gasteiger partial charge in [-0.3, -0.25) is 9.69 Å². The van der Waals surface area contributed by atoms with E-state index in [0.717, 1.165) is 13.1 Å². The third-order valence-corrected chi connectivity index (χ3v) is 3.09. The molecule has 1 aromatic carbocycles. The zero-order valence-corrected chi connectivity index (χ0v) is 10.4. The molecular formula is C14H17N3O. The SMILES string of the molecule is N#Cc1cccc(NC(=O)CN2CCCCC2)c1. The lowest BCUT2D eigenvalue weighted by atomic mass is 10.1. The maximum Gasteiger partial charge on any atom is 0.238 e. The molecule has 1 aliphatic rings. The minimum Gasteiger partial charge on any atom is -0.325 e. The van der Waals surface area contributed by atoms with Gasteiger partial charge in [-0.25, -0.2) is 0 Å². The number of anilines is 1. The van der Waals surface area contributed by atoms with Gasteiger partial charge in [-0.05, 0) is 44.1 Å². The number of nitriles is 1. The minimum atomic E-state index is -0.00742. The predicted molar refractivity (Wildman–Crippen MR) is 70.1 cm³/mol. The summed E-state index contributed by atoms with van der Waals surface area (Å²) in [4.78, 5) is 14.0. The lowest BCUT2D eigenvalue weighted by molar-refractivity contribution is -0.117. The van der Waals surface area contributed by atoms with Crippen LogP contribution in [-0.4, -0.2) is 30.4 Å². The summed E-state index contributed by atoms with van der Waals surface area (Å²) in [7, 11) is 0. The van der Waals surface area contributed by atoms with Crippen molar-refractivity contribution in [3.63, 3.8) is 0 Å². The molecule has 1 saturated heterocycles. The second-order valence-electron chi connectivity index (χ2n) is 4.58. The summed E-state index contributed by atoms with van der Waals surface area (Å²) in [5.41, 5.74) is 1.25. The van der Waals surface area contributed by atoms with Gasteiger partial charge in [0.05, 0.1) is 18.2 Å². The van der Waals surface area contributed by atoms with E-state index >= 15 is 0 Å². The highest BCUT2D eigenvalue weighted by Crippen LogP contribution is 2.11. The van der Waals surface area contributed by atoms with Crippen molar-refractivity contribution in [2.45, 2.75) is 19.3 Å². The van der Waals surface area contributed by atoms with E-state index < -0.39 is 0 Å². The Balaban J connectivity index is 1.88. The Kier molecular flexibility index (Phi) is 4.32. The Morgan fingerprint density at radius 2 is 2.11 bits per heavy atom. The molecule has 1 heterocycles. The van der Waals surface area contributed by atoms with E-state index in [1.165, 1.54) is 19.3 Å². The van der Waals surface area contributed by atoms with E-state index in [9.17, 15) is 4.79 Å². The van der Waals surface area contributed by atoms with Crippen molar-refractivity contribution in [2.24, 2.45) is 0 Å². The van der Waals surface area contributed by atoms with Crippen LogP contribution in [-0.2, 0) is 4.79 Å². The summed E-state index contributed by atoms with van der Waals surface area (Å²) < 4.78 is 0. The van der Waals surface area contributed by atoms with Crippen LogP contribution in [0.4, 0.5) is 5.69 Å². The molecule has 4 nitrogen and oxygen atoms in total. The minimum absolute atomic E-state index is 0.00742. The molecule has 94 valence electrons. The molecule has 1 amide bonds. The van der Waals surface area contributed by atoms with Crippen LogP contribution in [0.3, 0.4) is 0 Å². The molecule has 0 aliphatic carbocycles. The lowest BCUT2D eigenvalue weighted by Crippen LogP contribution is -2.36. The lowest BCUT2D eigenvalue weighted by Gasteiger charge is -2.25. The molecule has 1 aromatic rings. The first-order valence-electron chi connectivity index (χ1n) is 6.30. The van der Waals surface area contributed by atoms with Crippen molar-refractivity contribution in [2.75, 3.05) is 25.0 Å². The number of carbonyl (C=O) groups is 1. The largest absolute Gasteiger partial charge is 0.325 e. The first kappa shape index (κ1) is 12.6. The van der Waals surface area contributed by atoms with Gasteiger partial charge in [0.25, 0.3) is 0 Å². The van der Waals surface area contributed by atoms with Crippen LogP contribution in [0.1, 0.15) is 24.8 Å². The maximum atomic E-state index is 11.8. The summed E-state index contributed by atoms with van der Waals surface area (Å²) in [6.45, 7) is 2.45. The Bertz CT molecular complexity index is 458. The number of rotatable bonds is 3. The zero-order chi connectivity index (χ0) is 12.8. The van der Waals surface area contributed by atoms with Gasteiger partial charge in [0.1, 0.15) is 0 Å². The highest BCUT2D eigenvalue weighted by Gasteiger charge is 2.13. The highest BCUT2D eigenvalue weighted by molar-refractivity contribution is 5.92. The molecule has 0 atom stereocenters. The third-order valence-electron chi connectivity index (χ3n) is 3.09. The number of likely N-dealkylation sites (tertiary alicyclic amines) is 1. The highest BCUT2D eigenvalue weighted by atomic mass is 16.2. The predicted octanol–water partition coefficient (Wildman–Crippen LogP) is 1.98. The Labute approximate surface area is 107 Å². The average molecular weight is 243 g/mol. The quantitative estimate of drug-likeness (QED) is 0.883. The van der Waals surface area contributed by atoms with Crippen LogP contribution in [0.2, 0.25) is 0 Å². The fraction of sp³-hybridized carbons (Fsp3) is 0.429. The van der Waals surface area contributed by atoms with Gasteiger partial charge in [-0.2, -0.15) is 5.26 Å². The molecular weight excluding hydrogens is 226 g/mol. The molecule has 0 unspecified atom stereocenters. The van der Waals surface area contributed by atoms with Gasteiger partial charge in [0.2, 0.25) is 5.91 Å². The first-order chi connectivity index (χ1) is 8.78. The summed E-state index contributed by atoms with van der Waals surface area (Å²) in [6, 6.07) is 9.04. The van der Waals surface area contributed by atoms with Crippen molar-refractivity contribution in [3.05, 3.63) is 29.8 Å².